The molecule has 0 amide bonds. The molecule has 0 unspecified atom stereocenters. The molecule has 1 aliphatic heterocycles. The standard InChI is InChI=1S/C21H42NO/c1-3-5-7-9-10-11-12-13-15-20-23-21(22-18-16-19-22)17-14-8-6-4-2/h3-20H2,1-2H3/q+1. The van der Waals surface area contributed by atoms with Crippen molar-refractivity contribution in [2.45, 2.75) is 110 Å². The molecule has 23 heavy (non-hydrogen) atoms. The fraction of sp³-hybridized carbons (Fsp3) is 0.952. The van der Waals surface area contributed by atoms with E-state index in [-0.39, 0.29) is 0 Å². The van der Waals surface area contributed by atoms with Crippen LogP contribution in [0.4, 0.5) is 0 Å². The van der Waals surface area contributed by atoms with E-state index in [1.165, 1.54) is 109 Å². The van der Waals surface area contributed by atoms with Crippen molar-refractivity contribution in [1.82, 2.24) is 0 Å². The lowest BCUT2D eigenvalue weighted by atomic mass is 10.1. The maximum atomic E-state index is 6.13. The van der Waals surface area contributed by atoms with Gasteiger partial charge in [0.2, 0.25) is 0 Å². The molecule has 1 fully saturated rings. The lowest BCUT2D eigenvalue weighted by Crippen LogP contribution is -2.35. The highest BCUT2D eigenvalue weighted by Crippen LogP contribution is 2.11. The summed E-state index contributed by atoms with van der Waals surface area (Å²) in [6, 6.07) is 0. The Kier molecular flexibility index (Phi) is 13.4. The average molecular weight is 325 g/mol. The van der Waals surface area contributed by atoms with Gasteiger partial charge in [-0.25, -0.2) is 4.58 Å². The van der Waals surface area contributed by atoms with Crippen LogP contribution in [0.25, 0.3) is 0 Å². The second kappa shape index (κ2) is 15.0. The Hall–Kier alpha value is -0.530. The Balaban J connectivity index is 1.98. The van der Waals surface area contributed by atoms with Gasteiger partial charge in [0.15, 0.2) is 13.1 Å². The molecule has 1 rings (SSSR count). The summed E-state index contributed by atoms with van der Waals surface area (Å²) in [6.07, 6.45) is 20.3. The van der Waals surface area contributed by atoms with Crippen LogP contribution in [0, 0.1) is 0 Å². The molecule has 1 saturated heterocycles. The molecular formula is C21H42NO+. The zero-order valence-corrected chi connectivity index (χ0v) is 16.1. The lowest BCUT2D eigenvalue weighted by molar-refractivity contribution is -0.591. The SMILES string of the molecule is CCCCCCCCCCCOC(CCCCCC)=[N+]1CCC1. The van der Waals surface area contributed by atoms with E-state index in [9.17, 15) is 0 Å². The van der Waals surface area contributed by atoms with Crippen molar-refractivity contribution in [3.8, 4) is 0 Å². The molecule has 0 aliphatic carbocycles. The maximum Gasteiger partial charge on any atom is 0.336 e. The molecule has 0 N–H and O–H groups in total. The van der Waals surface area contributed by atoms with Crippen LogP contribution in [-0.4, -0.2) is 30.2 Å². The van der Waals surface area contributed by atoms with Gasteiger partial charge in [-0.1, -0.05) is 84.5 Å². The van der Waals surface area contributed by atoms with E-state index in [0.29, 0.717) is 0 Å². The van der Waals surface area contributed by atoms with Gasteiger partial charge in [-0.2, -0.15) is 0 Å². The van der Waals surface area contributed by atoms with Crippen molar-refractivity contribution < 1.29 is 9.31 Å². The van der Waals surface area contributed by atoms with Crippen LogP contribution in [0.5, 0.6) is 0 Å². The van der Waals surface area contributed by atoms with Crippen molar-refractivity contribution in [2.75, 3.05) is 19.7 Å². The molecule has 0 aromatic carbocycles. The first-order chi connectivity index (χ1) is 11.4. The molecule has 136 valence electrons. The van der Waals surface area contributed by atoms with Crippen molar-refractivity contribution >= 4 is 5.90 Å². The van der Waals surface area contributed by atoms with Crippen LogP contribution < -0.4 is 0 Å². The topological polar surface area (TPSA) is 12.2 Å². The third-order valence-electron chi connectivity index (χ3n) is 4.97. The highest BCUT2D eigenvalue weighted by molar-refractivity contribution is 5.71. The summed E-state index contributed by atoms with van der Waals surface area (Å²) >= 11 is 0. The van der Waals surface area contributed by atoms with E-state index in [1.54, 1.807) is 0 Å². The number of rotatable bonds is 15. The van der Waals surface area contributed by atoms with Gasteiger partial charge in [-0.05, 0) is 12.8 Å². The van der Waals surface area contributed by atoms with E-state index in [4.69, 9.17) is 4.74 Å². The van der Waals surface area contributed by atoms with E-state index < -0.39 is 0 Å². The summed E-state index contributed by atoms with van der Waals surface area (Å²) in [4.78, 5) is 0. The fourth-order valence-electron chi connectivity index (χ4n) is 3.19. The molecule has 1 heterocycles. The minimum atomic E-state index is 0.940. The Bertz CT molecular complexity index is 292. The molecule has 2 nitrogen and oxygen atoms in total. The number of ether oxygens (including phenoxy) is 1. The van der Waals surface area contributed by atoms with Crippen LogP contribution in [0.2, 0.25) is 0 Å². The molecule has 0 aromatic heterocycles. The fourth-order valence-corrected chi connectivity index (χ4v) is 3.19. The first-order valence-corrected chi connectivity index (χ1v) is 10.6. The van der Waals surface area contributed by atoms with Crippen LogP contribution in [0.1, 0.15) is 110 Å². The zero-order valence-electron chi connectivity index (χ0n) is 16.1. The molecule has 0 atom stereocenters. The maximum absolute atomic E-state index is 6.13. The summed E-state index contributed by atoms with van der Waals surface area (Å²) in [7, 11) is 0. The van der Waals surface area contributed by atoms with Crippen molar-refractivity contribution in [2.24, 2.45) is 0 Å². The van der Waals surface area contributed by atoms with Gasteiger partial charge >= 0.3 is 5.90 Å². The lowest BCUT2D eigenvalue weighted by Gasteiger charge is -2.16. The van der Waals surface area contributed by atoms with Gasteiger partial charge in [-0.3, -0.25) is 0 Å². The van der Waals surface area contributed by atoms with E-state index in [2.05, 4.69) is 18.4 Å². The van der Waals surface area contributed by atoms with E-state index in [1.807, 2.05) is 0 Å². The van der Waals surface area contributed by atoms with Gasteiger partial charge in [0.25, 0.3) is 0 Å². The molecule has 1 aliphatic rings. The van der Waals surface area contributed by atoms with Gasteiger partial charge in [0, 0.05) is 0 Å². The van der Waals surface area contributed by atoms with Crippen LogP contribution in [0.3, 0.4) is 0 Å². The molecular weight excluding hydrogens is 282 g/mol. The first kappa shape index (κ1) is 20.5. The predicted molar refractivity (Wildman–Crippen MR) is 102 cm³/mol. The van der Waals surface area contributed by atoms with E-state index >= 15 is 0 Å². The Labute approximate surface area is 145 Å². The van der Waals surface area contributed by atoms with Crippen LogP contribution in [0.15, 0.2) is 0 Å². The molecule has 0 spiro atoms. The van der Waals surface area contributed by atoms with Gasteiger partial charge in [-0.15, -0.1) is 0 Å². The minimum absolute atomic E-state index is 0.940. The normalized spacial score (nSPS) is 13.9. The summed E-state index contributed by atoms with van der Waals surface area (Å²) in [5.41, 5.74) is 0. The first-order valence-electron chi connectivity index (χ1n) is 10.6. The van der Waals surface area contributed by atoms with E-state index in [0.717, 1.165) is 13.0 Å². The summed E-state index contributed by atoms with van der Waals surface area (Å²) in [6.45, 7) is 7.95. The van der Waals surface area contributed by atoms with Gasteiger partial charge in [0.05, 0.1) is 19.4 Å². The Morgan fingerprint density at radius 1 is 0.696 bits per heavy atom. The second-order valence-corrected chi connectivity index (χ2v) is 7.22. The summed E-state index contributed by atoms with van der Waals surface area (Å²) in [5, 5.41) is 0. The van der Waals surface area contributed by atoms with Crippen molar-refractivity contribution in [3.05, 3.63) is 0 Å². The minimum Gasteiger partial charge on any atom is -0.448 e. The number of nitrogens with zero attached hydrogens (tertiary/aromatic N) is 1. The third-order valence-corrected chi connectivity index (χ3v) is 4.97. The second-order valence-electron chi connectivity index (χ2n) is 7.22. The van der Waals surface area contributed by atoms with Crippen molar-refractivity contribution in [3.63, 3.8) is 0 Å². The quantitative estimate of drug-likeness (QED) is 0.195. The zero-order chi connectivity index (χ0) is 16.6. The molecule has 0 aromatic rings. The molecule has 0 saturated carbocycles. The Morgan fingerprint density at radius 3 is 1.74 bits per heavy atom. The van der Waals surface area contributed by atoms with Crippen LogP contribution >= 0.6 is 0 Å². The van der Waals surface area contributed by atoms with Crippen LogP contribution in [-0.2, 0) is 4.74 Å². The predicted octanol–water partition coefficient (Wildman–Crippen LogP) is 6.32. The van der Waals surface area contributed by atoms with Gasteiger partial charge in [0.1, 0.15) is 0 Å². The number of unbranched alkanes of at least 4 members (excludes halogenated alkanes) is 11. The molecule has 2 heteroatoms. The largest absolute Gasteiger partial charge is 0.448 e. The molecule has 0 radical (unpaired) electrons. The summed E-state index contributed by atoms with van der Waals surface area (Å²) in [5.74, 6) is 1.30. The van der Waals surface area contributed by atoms with Crippen molar-refractivity contribution in [1.29, 1.82) is 0 Å². The summed E-state index contributed by atoms with van der Waals surface area (Å²) < 4.78 is 8.59. The van der Waals surface area contributed by atoms with Gasteiger partial charge < -0.3 is 4.74 Å². The highest BCUT2D eigenvalue weighted by atomic mass is 16.5. The Morgan fingerprint density at radius 2 is 1.22 bits per heavy atom. The third kappa shape index (κ3) is 10.8. The number of hydrogen-bond donors (Lipinski definition) is 0. The highest BCUT2D eigenvalue weighted by Gasteiger charge is 2.23. The smallest absolute Gasteiger partial charge is 0.336 e. The number of hydrogen-bond acceptors (Lipinski definition) is 1. The monoisotopic (exact) mass is 324 g/mol. The average Bonchev–Trinajstić information content (AvgIpc) is 2.51. The molecule has 0 bridgehead atoms.